The fraction of sp³-hybridized carbons (Fsp3) is 0.312. The molecule has 25 heavy (non-hydrogen) atoms. The first-order valence-corrected chi connectivity index (χ1v) is 8.01. The molecule has 9 heteroatoms. The van der Waals surface area contributed by atoms with Crippen LogP contribution < -0.4 is 16.1 Å². The number of aromatic nitrogens is 4. The second kappa shape index (κ2) is 7.66. The van der Waals surface area contributed by atoms with Crippen molar-refractivity contribution >= 4 is 28.3 Å². The SMILES string of the molecule is [CH2-]CN(CCCl)c1cc2c(cc1C)nc1c(=O)[nH]c(=O)nc-1n2C.[W]. The fourth-order valence-corrected chi connectivity index (χ4v) is 3.03. The smallest absolute Gasteiger partial charge is 0.349 e. The summed E-state index contributed by atoms with van der Waals surface area (Å²) in [6, 6.07) is 3.87. The molecule has 0 saturated carbocycles. The number of hydrogen-bond donors (Lipinski definition) is 1. The molecule has 3 rings (SSSR count). The van der Waals surface area contributed by atoms with Gasteiger partial charge in [0, 0.05) is 46.2 Å². The maximum absolute atomic E-state index is 12.0. The number of benzene rings is 1. The third-order valence-electron chi connectivity index (χ3n) is 4.02. The molecule has 2 heterocycles. The first-order valence-electron chi connectivity index (χ1n) is 7.48. The molecule has 1 aromatic carbocycles. The van der Waals surface area contributed by atoms with Crippen LogP contribution >= 0.6 is 11.6 Å². The number of nitrogens with zero attached hydrogens (tertiary/aromatic N) is 4. The number of aromatic amines is 1. The summed E-state index contributed by atoms with van der Waals surface area (Å²) in [5.41, 5.74) is 2.35. The van der Waals surface area contributed by atoms with Gasteiger partial charge in [0.25, 0.3) is 5.56 Å². The van der Waals surface area contributed by atoms with Gasteiger partial charge in [-0.3, -0.25) is 9.78 Å². The molecule has 0 atom stereocenters. The molecule has 0 fully saturated rings. The van der Waals surface area contributed by atoms with Crippen LogP contribution in [0, 0.1) is 13.8 Å². The Labute approximate surface area is 163 Å². The minimum Gasteiger partial charge on any atom is -0.400 e. The first kappa shape index (κ1) is 19.6. The van der Waals surface area contributed by atoms with Crippen molar-refractivity contribution in [2.45, 2.75) is 6.92 Å². The molecular formula is C16H17ClN5O2W-. The van der Waals surface area contributed by atoms with E-state index in [0.29, 0.717) is 24.5 Å². The second-order valence-corrected chi connectivity index (χ2v) is 5.90. The van der Waals surface area contributed by atoms with Crippen LogP contribution in [0.3, 0.4) is 0 Å². The van der Waals surface area contributed by atoms with Gasteiger partial charge < -0.3 is 16.4 Å². The molecule has 0 aromatic heterocycles. The maximum atomic E-state index is 12.0. The summed E-state index contributed by atoms with van der Waals surface area (Å²) in [6.07, 6.45) is 0. The molecule has 0 bridgehead atoms. The molecular weight excluding hydrogens is 514 g/mol. The van der Waals surface area contributed by atoms with Crippen LogP contribution in [0.1, 0.15) is 5.56 Å². The van der Waals surface area contributed by atoms with Gasteiger partial charge in [0.2, 0.25) is 0 Å². The zero-order valence-corrected chi connectivity index (χ0v) is 17.6. The van der Waals surface area contributed by atoms with Gasteiger partial charge in [-0.05, 0) is 24.6 Å². The number of nitrogens with one attached hydrogen (secondary N) is 1. The largest absolute Gasteiger partial charge is 0.400 e. The van der Waals surface area contributed by atoms with E-state index in [9.17, 15) is 9.59 Å². The van der Waals surface area contributed by atoms with Crippen molar-refractivity contribution in [3.05, 3.63) is 45.5 Å². The fourth-order valence-electron chi connectivity index (χ4n) is 2.83. The Kier molecular flexibility index (Phi) is 6.01. The summed E-state index contributed by atoms with van der Waals surface area (Å²) < 4.78 is 1.71. The van der Waals surface area contributed by atoms with Crippen molar-refractivity contribution in [2.75, 3.05) is 23.9 Å². The molecule has 0 amide bonds. The van der Waals surface area contributed by atoms with Gasteiger partial charge >= 0.3 is 5.69 Å². The summed E-state index contributed by atoms with van der Waals surface area (Å²) in [7, 11) is 1.76. The summed E-state index contributed by atoms with van der Waals surface area (Å²) in [4.78, 5) is 36.0. The average Bonchev–Trinajstić information content (AvgIpc) is 2.54. The normalized spacial score (nSPS) is 10.9. The zero-order chi connectivity index (χ0) is 17.4. The standard InChI is InChI=1S/C16H17ClN5O2.W/c1-4-22(6-5-17)11-8-12-10(7-9(11)2)18-13-14(21(12)3)19-16(24)20-15(13)23;/h7-8H,1,4-6H2,2-3H3,(H,20,23,24);/q-1;. The van der Waals surface area contributed by atoms with Crippen LogP contribution in [0.4, 0.5) is 5.69 Å². The van der Waals surface area contributed by atoms with Crippen molar-refractivity contribution in [1.29, 1.82) is 0 Å². The van der Waals surface area contributed by atoms with Crippen molar-refractivity contribution in [1.82, 2.24) is 19.5 Å². The molecule has 0 unspecified atom stereocenters. The predicted octanol–water partition coefficient (Wildman–Crippen LogP) is 1.31. The molecule has 0 spiro atoms. The number of aryl methyl sites for hydroxylation is 2. The average molecular weight is 531 g/mol. The number of fused-ring (bicyclic) bond motifs is 2. The Hall–Kier alpha value is -1.72. The van der Waals surface area contributed by atoms with E-state index in [0.717, 1.165) is 16.8 Å². The van der Waals surface area contributed by atoms with Crippen LogP contribution in [0.5, 0.6) is 0 Å². The van der Waals surface area contributed by atoms with Gasteiger partial charge in [-0.2, -0.15) is 4.98 Å². The molecule has 0 saturated heterocycles. The summed E-state index contributed by atoms with van der Waals surface area (Å²) in [6.45, 7) is 7.16. The Morgan fingerprint density at radius 2 is 2.04 bits per heavy atom. The van der Waals surface area contributed by atoms with Crippen LogP contribution in [0.25, 0.3) is 22.6 Å². The predicted molar refractivity (Wildman–Crippen MR) is 95.0 cm³/mol. The van der Waals surface area contributed by atoms with Crippen molar-refractivity contribution in [2.24, 2.45) is 7.05 Å². The number of rotatable bonds is 4. The first-order chi connectivity index (χ1) is 11.5. The van der Waals surface area contributed by atoms with E-state index < -0.39 is 11.2 Å². The minimum atomic E-state index is -0.682. The Balaban J connectivity index is 0.00000225. The van der Waals surface area contributed by atoms with Crippen molar-refractivity contribution in [3.8, 4) is 11.5 Å². The van der Waals surface area contributed by atoms with Crippen molar-refractivity contribution < 1.29 is 21.1 Å². The van der Waals surface area contributed by atoms with Gasteiger partial charge in [0.1, 0.15) is 0 Å². The minimum absolute atomic E-state index is 0. The third-order valence-corrected chi connectivity index (χ3v) is 4.19. The van der Waals surface area contributed by atoms with Crippen molar-refractivity contribution in [3.63, 3.8) is 0 Å². The molecule has 0 radical (unpaired) electrons. The molecule has 0 aliphatic carbocycles. The number of alkyl halides is 1. The van der Waals surface area contributed by atoms with Crippen LogP contribution in [-0.2, 0) is 28.1 Å². The van der Waals surface area contributed by atoms with Gasteiger partial charge in [-0.25, -0.2) is 9.78 Å². The number of H-pyrrole nitrogens is 1. The topological polar surface area (TPSA) is 83.9 Å². The van der Waals surface area contributed by atoms with E-state index in [-0.39, 0.29) is 32.6 Å². The van der Waals surface area contributed by atoms with E-state index in [1.807, 2.05) is 19.1 Å². The number of halogens is 1. The van der Waals surface area contributed by atoms with E-state index in [2.05, 4.69) is 26.8 Å². The zero-order valence-electron chi connectivity index (χ0n) is 13.9. The molecule has 1 N–H and O–H groups in total. The van der Waals surface area contributed by atoms with E-state index >= 15 is 0 Å². The van der Waals surface area contributed by atoms with Crippen LogP contribution in [0.2, 0.25) is 0 Å². The Morgan fingerprint density at radius 1 is 1.32 bits per heavy atom. The van der Waals surface area contributed by atoms with Crippen LogP contribution in [-0.4, -0.2) is 38.5 Å². The Morgan fingerprint density at radius 3 is 2.68 bits per heavy atom. The third kappa shape index (κ3) is 3.48. The van der Waals surface area contributed by atoms with Gasteiger partial charge in [0.15, 0.2) is 11.5 Å². The van der Waals surface area contributed by atoms with E-state index in [1.165, 1.54) is 0 Å². The number of hydrogen-bond acceptors (Lipinski definition) is 5. The second-order valence-electron chi connectivity index (χ2n) is 5.52. The van der Waals surface area contributed by atoms with Gasteiger partial charge in [0.05, 0.1) is 11.0 Å². The Bertz CT molecular complexity index is 1000. The molecule has 2 aliphatic heterocycles. The maximum Gasteiger partial charge on any atom is 0.349 e. The molecule has 1 aromatic rings. The quantitative estimate of drug-likeness (QED) is 0.313. The van der Waals surface area contributed by atoms with Crippen LogP contribution in [0.15, 0.2) is 21.7 Å². The number of anilines is 1. The monoisotopic (exact) mass is 530 g/mol. The van der Waals surface area contributed by atoms with Gasteiger partial charge in [-0.15, -0.1) is 18.1 Å². The van der Waals surface area contributed by atoms with E-state index in [4.69, 9.17) is 11.6 Å². The van der Waals surface area contributed by atoms with Gasteiger partial charge in [-0.1, -0.05) is 0 Å². The summed E-state index contributed by atoms with van der Waals surface area (Å²) in [5.74, 6) is 0.746. The summed E-state index contributed by atoms with van der Waals surface area (Å²) in [5, 5.41) is 0. The molecule has 2 aliphatic rings. The van der Waals surface area contributed by atoms with E-state index in [1.54, 1.807) is 11.6 Å². The molecule has 7 nitrogen and oxygen atoms in total. The molecule has 132 valence electrons. The summed E-state index contributed by atoms with van der Waals surface area (Å²) >= 11 is 5.87.